The Balaban J connectivity index is 2.66. The molecule has 0 spiro atoms. The predicted octanol–water partition coefficient (Wildman–Crippen LogP) is 3.34. The van der Waals surface area contributed by atoms with Crippen LogP contribution in [-0.2, 0) is 18.4 Å². The number of hydrogen-bond acceptors (Lipinski definition) is 8. The molecule has 4 atom stereocenters. The molecule has 3 N–H and O–H groups in total. The van der Waals surface area contributed by atoms with Crippen LogP contribution in [0.15, 0.2) is 17.1 Å². The molecule has 212 valence electrons. The first-order chi connectivity index (χ1) is 16.5. The van der Waals surface area contributed by atoms with Crippen LogP contribution in [0.25, 0.3) is 0 Å². The minimum absolute atomic E-state index is 0.0543. The average molecular weight is 557 g/mol. The molecule has 1 amide bonds. The minimum Gasteiger partial charge on any atom is -0.414 e. The van der Waals surface area contributed by atoms with Gasteiger partial charge in [0.2, 0.25) is 5.91 Å². The topological polar surface area (TPSA) is 129 Å². The van der Waals surface area contributed by atoms with Gasteiger partial charge in [0.15, 0.2) is 22.9 Å². The second-order valence-corrected chi connectivity index (χ2v) is 22.9. The van der Waals surface area contributed by atoms with Gasteiger partial charge >= 0.3 is 5.69 Å². The second-order valence-electron chi connectivity index (χ2n) is 13.4. The molecule has 1 aromatic heterocycles. The molecule has 0 bridgehead atoms. The van der Waals surface area contributed by atoms with Gasteiger partial charge in [0.25, 0.3) is 0 Å². The van der Waals surface area contributed by atoms with E-state index in [0.717, 1.165) is 0 Å². The van der Waals surface area contributed by atoms with E-state index in [1.54, 1.807) is 14.1 Å². The Kier molecular flexibility index (Phi) is 9.01. The van der Waals surface area contributed by atoms with Gasteiger partial charge < -0.3 is 29.3 Å². The van der Waals surface area contributed by atoms with Gasteiger partial charge in [-0.1, -0.05) is 41.5 Å². The van der Waals surface area contributed by atoms with Crippen molar-refractivity contribution in [2.45, 2.75) is 108 Å². The van der Waals surface area contributed by atoms with E-state index < -0.39 is 46.4 Å². The Bertz CT molecular complexity index is 1030. The first kappa shape index (κ1) is 31.6. The fourth-order valence-electron chi connectivity index (χ4n) is 3.57. The predicted molar refractivity (Wildman–Crippen MR) is 150 cm³/mol. The number of carbonyl (C=O) groups is 1. The molecule has 0 unspecified atom stereocenters. The summed E-state index contributed by atoms with van der Waals surface area (Å²) >= 11 is 0. The lowest BCUT2D eigenvalue weighted by atomic mass is 9.88. The van der Waals surface area contributed by atoms with E-state index in [9.17, 15) is 14.7 Å². The molecule has 12 heteroatoms. The lowest BCUT2D eigenvalue weighted by molar-refractivity contribution is -0.143. The van der Waals surface area contributed by atoms with Gasteiger partial charge in [0.05, 0.1) is 13.0 Å². The van der Waals surface area contributed by atoms with Crippen LogP contribution >= 0.6 is 0 Å². The summed E-state index contributed by atoms with van der Waals surface area (Å²) in [6, 6.07) is 1.50. The Labute approximate surface area is 223 Å². The summed E-state index contributed by atoms with van der Waals surface area (Å²) in [5, 5.41) is 12.1. The van der Waals surface area contributed by atoms with Crippen molar-refractivity contribution in [2.24, 2.45) is 0 Å². The Morgan fingerprint density at radius 1 is 1.16 bits per heavy atom. The first-order valence-electron chi connectivity index (χ1n) is 12.8. The number of anilines is 1. The number of nitrogens with zero attached hydrogens (tertiary/aromatic N) is 3. The smallest absolute Gasteiger partial charge is 0.351 e. The van der Waals surface area contributed by atoms with Crippen molar-refractivity contribution < 1.29 is 23.5 Å². The third-order valence-electron chi connectivity index (χ3n) is 8.30. The van der Waals surface area contributed by atoms with E-state index in [4.69, 9.17) is 19.3 Å². The highest BCUT2D eigenvalue weighted by Gasteiger charge is 2.61. The first-order valence-corrected chi connectivity index (χ1v) is 18.6. The van der Waals surface area contributed by atoms with Gasteiger partial charge in [-0.25, -0.2) is 4.79 Å². The van der Waals surface area contributed by atoms with E-state index in [1.165, 1.54) is 21.7 Å². The molecule has 1 aromatic rings. The SMILES string of the molecule is CN(C)C(=O)C[C@@]1(O)[C@@H](CO[Si](C)(C)C(C)(C)C)O[C@@H](n2ccc(N)nc2=O)[C@@H]1O[Si](C)(C)C(C)(C)C. The molecular weight excluding hydrogens is 508 g/mol. The zero-order chi connectivity index (χ0) is 28.8. The number of nitrogens with two attached hydrogens (primary N) is 1. The number of carbonyl (C=O) groups excluding carboxylic acids is 1. The number of rotatable bonds is 8. The van der Waals surface area contributed by atoms with Gasteiger partial charge in [-0.3, -0.25) is 9.36 Å². The zero-order valence-corrected chi connectivity index (χ0v) is 26.7. The van der Waals surface area contributed by atoms with Crippen molar-refractivity contribution in [3.63, 3.8) is 0 Å². The number of aromatic nitrogens is 2. The van der Waals surface area contributed by atoms with Crippen molar-refractivity contribution in [1.29, 1.82) is 0 Å². The molecule has 1 aliphatic heterocycles. The number of ether oxygens (including phenoxy) is 1. The molecule has 1 aliphatic rings. The maximum absolute atomic E-state index is 13.0. The van der Waals surface area contributed by atoms with Crippen LogP contribution in [0.3, 0.4) is 0 Å². The van der Waals surface area contributed by atoms with Crippen molar-refractivity contribution in [2.75, 3.05) is 26.4 Å². The molecule has 0 radical (unpaired) electrons. The third-order valence-corrected chi connectivity index (χ3v) is 17.3. The van der Waals surface area contributed by atoms with Crippen molar-refractivity contribution in [1.82, 2.24) is 14.5 Å². The Morgan fingerprint density at radius 2 is 1.70 bits per heavy atom. The van der Waals surface area contributed by atoms with E-state index in [-0.39, 0.29) is 34.8 Å². The molecule has 2 heterocycles. The molecule has 0 saturated carbocycles. The quantitative estimate of drug-likeness (QED) is 0.467. The van der Waals surface area contributed by atoms with Crippen molar-refractivity contribution >= 4 is 28.4 Å². The fourth-order valence-corrected chi connectivity index (χ4v) is 5.88. The van der Waals surface area contributed by atoms with Crippen LogP contribution < -0.4 is 11.4 Å². The monoisotopic (exact) mass is 556 g/mol. The summed E-state index contributed by atoms with van der Waals surface area (Å²) in [4.78, 5) is 31.2. The van der Waals surface area contributed by atoms with Crippen molar-refractivity contribution in [3.05, 3.63) is 22.7 Å². The highest BCUT2D eigenvalue weighted by atomic mass is 28.4. The van der Waals surface area contributed by atoms with Crippen LogP contribution in [0.5, 0.6) is 0 Å². The minimum atomic E-state index is -2.52. The average Bonchev–Trinajstić information content (AvgIpc) is 2.96. The number of nitrogen functional groups attached to an aromatic ring is 1. The Morgan fingerprint density at radius 3 is 2.16 bits per heavy atom. The molecule has 10 nitrogen and oxygen atoms in total. The summed E-state index contributed by atoms with van der Waals surface area (Å²) in [7, 11) is -1.47. The Hall–Kier alpha value is -1.58. The second kappa shape index (κ2) is 10.5. The van der Waals surface area contributed by atoms with Crippen LogP contribution in [0.4, 0.5) is 5.82 Å². The molecule has 37 heavy (non-hydrogen) atoms. The molecular formula is C25H48N4O6Si2. The third kappa shape index (κ3) is 6.71. The maximum atomic E-state index is 13.0. The largest absolute Gasteiger partial charge is 0.414 e. The molecule has 2 rings (SSSR count). The normalized spacial score (nSPS) is 25.4. The van der Waals surface area contributed by atoms with Crippen LogP contribution in [0, 0.1) is 0 Å². The van der Waals surface area contributed by atoms with Gasteiger partial charge in [-0.05, 0) is 42.3 Å². The highest BCUT2D eigenvalue weighted by Crippen LogP contribution is 2.47. The summed E-state index contributed by atoms with van der Waals surface area (Å²) in [6.07, 6.45) is -1.73. The van der Waals surface area contributed by atoms with E-state index in [1.807, 2.05) is 0 Å². The van der Waals surface area contributed by atoms with Gasteiger partial charge in [0.1, 0.15) is 23.6 Å². The number of amides is 1. The molecule has 0 aromatic carbocycles. The van der Waals surface area contributed by atoms with Crippen molar-refractivity contribution in [3.8, 4) is 0 Å². The zero-order valence-electron chi connectivity index (χ0n) is 24.7. The summed E-state index contributed by atoms with van der Waals surface area (Å²) in [6.45, 7) is 21.0. The molecule has 1 saturated heterocycles. The fraction of sp³-hybridized carbons (Fsp3) is 0.800. The van der Waals surface area contributed by atoms with Gasteiger partial charge in [0, 0.05) is 20.3 Å². The van der Waals surface area contributed by atoms with Gasteiger partial charge in [-0.15, -0.1) is 0 Å². The van der Waals surface area contributed by atoms with E-state index in [2.05, 4.69) is 72.7 Å². The summed E-state index contributed by atoms with van der Waals surface area (Å²) in [5.41, 5.74) is 3.35. The van der Waals surface area contributed by atoms with Gasteiger partial charge in [-0.2, -0.15) is 4.98 Å². The van der Waals surface area contributed by atoms with E-state index in [0.29, 0.717) is 0 Å². The molecule has 1 fully saturated rings. The lowest BCUT2D eigenvalue weighted by Crippen LogP contribution is -2.58. The number of aliphatic hydroxyl groups is 1. The van der Waals surface area contributed by atoms with Crippen LogP contribution in [0.1, 0.15) is 54.2 Å². The number of hydrogen-bond donors (Lipinski definition) is 2. The van der Waals surface area contributed by atoms with E-state index >= 15 is 0 Å². The summed E-state index contributed by atoms with van der Waals surface area (Å²) in [5.74, 6) is -0.201. The van der Waals surface area contributed by atoms with Crippen LogP contribution in [0.2, 0.25) is 36.3 Å². The summed E-state index contributed by atoms with van der Waals surface area (Å²) < 4.78 is 20.9. The standard InChI is InChI=1S/C25H48N4O6Si2/c1-23(2,3)36(9,10)33-16-17-25(32,15-19(30)28(7)8)20(35-37(11,12)24(4,5)6)21(34-17)29-14-13-18(26)27-22(29)31/h13-14,17,20-21,32H,15-16H2,1-12H3,(H2,26,27,31)/t17-,20+,21-,25-/m1/s1. The maximum Gasteiger partial charge on any atom is 0.351 e. The highest BCUT2D eigenvalue weighted by molar-refractivity contribution is 6.74. The van der Waals surface area contributed by atoms with Crippen LogP contribution in [-0.4, -0.2) is 80.6 Å². The lowest BCUT2D eigenvalue weighted by Gasteiger charge is -2.43. The molecule has 0 aliphatic carbocycles.